The van der Waals surface area contributed by atoms with Gasteiger partial charge in [-0.3, -0.25) is 9.59 Å². The van der Waals surface area contributed by atoms with Crippen molar-refractivity contribution < 1.29 is 19.1 Å². The van der Waals surface area contributed by atoms with E-state index in [1.165, 1.54) is 0 Å². The Morgan fingerprint density at radius 2 is 1.63 bits per heavy atom. The fourth-order valence-corrected chi connectivity index (χ4v) is 2.15. The van der Waals surface area contributed by atoms with Crippen molar-refractivity contribution in [3.8, 4) is 0 Å². The summed E-state index contributed by atoms with van der Waals surface area (Å²) in [5.41, 5.74) is 1.11. The number of benzene rings is 1. The Morgan fingerprint density at radius 1 is 0.963 bits per heavy atom. The highest BCUT2D eigenvalue weighted by Gasteiger charge is 2.15. The molecule has 3 amide bonds. The zero-order valence-electron chi connectivity index (χ0n) is 16.7. The third kappa shape index (κ3) is 10.9. The molecule has 0 aliphatic carbocycles. The smallest absolute Gasteiger partial charge is 0.407 e. The van der Waals surface area contributed by atoms with Gasteiger partial charge in [-0.05, 0) is 44.9 Å². The van der Waals surface area contributed by atoms with E-state index >= 15 is 0 Å². The highest BCUT2D eigenvalue weighted by molar-refractivity contribution is 5.90. The molecule has 0 fully saturated rings. The van der Waals surface area contributed by atoms with Crippen LogP contribution in [0.25, 0.3) is 0 Å². The van der Waals surface area contributed by atoms with Crippen LogP contribution in [0.2, 0.25) is 0 Å². The quantitative estimate of drug-likeness (QED) is 0.615. The van der Waals surface area contributed by atoms with Crippen LogP contribution in [0.4, 0.5) is 10.5 Å². The molecule has 0 saturated heterocycles. The molecule has 0 aliphatic heterocycles. The lowest BCUT2D eigenvalue weighted by Gasteiger charge is -2.19. The second kappa shape index (κ2) is 11.2. The van der Waals surface area contributed by atoms with Gasteiger partial charge in [0, 0.05) is 31.6 Å². The number of amides is 3. The van der Waals surface area contributed by atoms with Gasteiger partial charge >= 0.3 is 6.09 Å². The van der Waals surface area contributed by atoms with Crippen LogP contribution in [0, 0.1) is 0 Å². The summed E-state index contributed by atoms with van der Waals surface area (Å²) in [6, 6.07) is 7.34. The predicted octanol–water partition coefficient (Wildman–Crippen LogP) is 3.35. The van der Waals surface area contributed by atoms with Gasteiger partial charge in [0.15, 0.2) is 0 Å². The van der Waals surface area contributed by atoms with E-state index in [0.29, 0.717) is 13.0 Å². The highest BCUT2D eigenvalue weighted by atomic mass is 16.6. The second-order valence-electron chi connectivity index (χ2n) is 7.30. The monoisotopic (exact) mass is 377 g/mol. The third-order valence-electron chi connectivity index (χ3n) is 3.51. The molecule has 27 heavy (non-hydrogen) atoms. The summed E-state index contributed by atoms with van der Waals surface area (Å²) >= 11 is 0. The molecule has 0 aromatic heterocycles. The lowest BCUT2D eigenvalue weighted by molar-refractivity contribution is -0.121. The van der Waals surface area contributed by atoms with Crippen molar-refractivity contribution >= 4 is 23.6 Å². The maximum absolute atomic E-state index is 11.8. The van der Waals surface area contributed by atoms with Crippen LogP contribution >= 0.6 is 0 Å². The minimum atomic E-state index is -0.562. The van der Waals surface area contributed by atoms with E-state index in [1.54, 1.807) is 20.8 Å². The molecule has 0 unspecified atom stereocenters. The number of nitrogens with one attached hydrogen (secondary N) is 3. The Bertz CT molecular complexity index is 621. The summed E-state index contributed by atoms with van der Waals surface area (Å²) in [6.07, 6.45) is 2.01. The molecule has 0 spiro atoms. The van der Waals surface area contributed by atoms with Gasteiger partial charge in [0.05, 0.1) is 0 Å². The number of hydrogen-bond donors (Lipinski definition) is 3. The van der Waals surface area contributed by atoms with Gasteiger partial charge in [-0.25, -0.2) is 4.79 Å². The molecule has 3 N–H and O–H groups in total. The van der Waals surface area contributed by atoms with Crippen molar-refractivity contribution in [1.82, 2.24) is 10.6 Å². The topological polar surface area (TPSA) is 96.5 Å². The van der Waals surface area contributed by atoms with E-state index in [9.17, 15) is 14.4 Å². The molecule has 1 aromatic rings. The number of ether oxygens (including phenoxy) is 1. The Balaban J connectivity index is 2.27. The van der Waals surface area contributed by atoms with Crippen molar-refractivity contribution in [3.63, 3.8) is 0 Å². The van der Waals surface area contributed by atoms with Gasteiger partial charge < -0.3 is 20.7 Å². The summed E-state index contributed by atoms with van der Waals surface area (Å²) in [5, 5.41) is 8.18. The van der Waals surface area contributed by atoms with Crippen molar-refractivity contribution in [2.24, 2.45) is 0 Å². The minimum absolute atomic E-state index is 0.00962. The van der Waals surface area contributed by atoms with Gasteiger partial charge in [0.1, 0.15) is 5.60 Å². The van der Waals surface area contributed by atoms with Gasteiger partial charge in [-0.1, -0.05) is 25.5 Å². The van der Waals surface area contributed by atoms with Crippen LogP contribution in [0.15, 0.2) is 24.3 Å². The van der Waals surface area contributed by atoms with Crippen molar-refractivity contribution in [1.29, 1.82) is 0 Å². The van der Waals surface area contributed by atoms with E-state index < -0.39 is 11.7 Å². The Morgan fingerprint density at radius 3 is 2.22 bits per heavy atom. The van der Waals surface area contributed by atoms with Gasteiger partial charge in [-0.15, -0.1) is 0 Å². The summed E-state index contributed by atoms with van der Waals surface area (Å²) in [7, 11) is 0. The SMILES string of the molecule is CCCCC(=O)Nc1ccc(CNC(=O)CCNC(=O)OC(C)(C)C)cc1. The fraction of sp³-hybridized carbons (Fsp3) is 0.550. The molecule has 7 nitrogen and oxygen atoms in total. The Kier molecular flexibility index (Phi) is 9.33. The van der Waals surface area contributed by atoms with Crippen molar-refractivity contribution in [3.05, 3.63) is 29.8 Å². The zero-order valence-corrected chi connectivity index (χ0v) is 16.7. The Hall–Kier alpha value is -2.57. The lowest BCUT2D eigenvalue weighted by atomic mass is 10.2. The summed E-state index contributed by atoms with van der Waals surface area (Å²) in [6.45, 7) is 7.98. The first-order chi connectivity index (χ1) is 12.7. The molecule has 150 valence electrons. The maximum atomic E-state index is 11.8. The van der Waals surface area contributed by atoms with E-state index in [4.69, 9.17) is 4.74 Å². The van der Waals surface area contributed by atoms with Crippen molar-refractivity contribution in [2.45, 2.75) is 65.5 Å². The molecule has 0 atom stereocenters. The van der Waals surface area contributed by atoms with Gasteiger partial charge in [0.25, 0.3) is 0 Å². The molecule has 0 saturated carbocycles. The normalized spacial score (nSPS) is 10.8. The Labute approximate surface area is 161 Å². The fourth-order valence-electron chi connectivity index (χ4n) is 2.15. The van der Waals surface area contributed by atoms with Crippen LogP contribution in [0.3, 0.4) is 0 Å². The molecule has 7 heteroatoms. The number of unbranched alkanes of at least 4 members (excludes halogenated alkanes) is 1. The van der Waals surface area contributed by atoms with Crippen LogP contribution < -0.4 is 16.0 Å². The molecule has 0 aliphatic rings. The summed E-state index contributed by atoms with van der Waals surface area (Å²) in [4.78, 5) is 35.0. The molecule has 0 bridgehead atoms. The maximum Gasteiger partial charge on any atom is 0.407 e. The number of carbonyl (C=O) groups excluding carboxylic acids is 3. The first kappa shape index (κ1) is 22.5. The van der Waals surface area contributed by atoms with Crippen molar-refractivity contribution in [2.75, 3.05) is 11.9 Å². The van der Waals surface area contributed by atoms with Crippen LogP contribution in [0.1, 0.15) is 58.9 Å². The summed E-state index contributed by atoms with van der Waals surface area (Å²) in [5.74, 6) is -0.154. The van der Waals surface area contributed by atoms with Crippen LogP contribution in [0.5, 0.6) is 0 Å². The molecular formula is C20H31N3O4. The third-order valence-corrected chi connectivity index (χ3v) is 3.51. The first-order valence-corrected chi connectivity index (χ1v) is 9.32. The minimum Gasteiger partial charge on any atom is -0.444 e. The van der Waals surface area contributed by atoms with Gasteiger partial charge in [0.2, 0.25) is 11.8 Å². The average Bonchev–Trinajstić information content (AvgIpc) is 2.57. The number of hydrogen-bond acceptors (Lipinski definition) is 4. The molecule has 1 rings (SSSR count). The van der Waals surface area contributed by atoms with Crippen LogP contribution in [-0.4, -0.2) is 30.1 Å². The highest BCUT2D eigenvalue weighted by Crippen LogP contribution is 2.10. The van der Waals surface area contributed by atoms with Gasteiger partial charge in [-0.2, -0.15) is 0 Å². The number of alkyl carbamates (subject to hydrolysis) is 1. The molecule has 1 aromatic carbocycles. The van der Waals surface area contributed by atoms with E-state index in [1.807, 2.05) is 31.2 Å². The lowest BCUT2D eigenvalue weighted by Crippen LogP contribution is -2.35. The molecule has 0 heterocycles. The standard InChI is InChI=1S/C20H31N3O4/c1-5-6-7-18(25)23-16-10-8-15(9-11-16)14-22-17(24)12-13-21-19(26)27-20(2,3)4/h8-11H,5-7,12-14H2,1-4H3,(H,21,26)(H,22,24)(H,23,25). The predicted molar refractivity (Wildman–Crippen MR) is 105 cm³/mol. The molecule has 0 radical (unpaired) electrons. The second-order valence-corrected chi connectivity index (χ2v) is 7.30. The van der Waals surface area contributed by atoms with E-state index in [2.05, 4.69) is 16.0 Å². The van der Waals surface area contributed by atoms with E-state index in [0.717, 1.165) is 24.1 Å². The van der Waals surface area contributed by atoms with Crippen LogP contribution in [-0.2, 0) is 20.9 Å². The average molecular weight is 377 g/mol. The number of anilines is 1. The number of carbonyl (C=O) groups is 3. The number of rotatable bonds is 9. The largest absolute Gasteiger partial charge is 0.444 e. The van der Waals surface area contributed by atoms with E-state index in [-0.39, 0.29) is 24.8 Å². The zero-order chi connectivity index (χ0) is 20.3. The summed E-state index contributed by atoms with van der Waals surface area (Å²) < 4.78 is 5.10. The molecular weight excluding hydrogens is 346 g/mol. The first-order valence-electron chi connectivity index (χ1n) is 9.32.